The first-order valence-corrected chi connectivity index (χ1v) is 17.6. The molecule has 2 amide bonds. The van der Waals surface area contributed by atoms with Crippen LogP contribution in [0.1, 0.15) is 35.3 Å². The maximum Gasteiger partial charge on any atom is 0.357 e. The monoisotopic (exact) mass is 897 g/mol. The molecule has 5 rings (SSSR count). The zero-order valence-corrected chi connectivity index (χ0v) is 44.1. The number of piperidine rings is 1. The number of aliphatic carboxylic acids is 1. The van der Waals surface area contributed by atoms with Crippen LogP contribution in [0.15, 0.2) is 92.8 Å². The molecule has 1 aromatic heterocycles. The van der Waals surface area contributed by atoms with Crippen molar-refractivity contribution in [1.82, 2.24) is 14.7 Å². The van der Waals surface area contributed by atoms with Gasteiger partial charge in [-0.1, -0.05) is 0 Å². The minimum absolute atomic E-state index is 0. The molecule has 24 heteroatoms. The predicted molar refractivity (Wildman–Crippen MR) is 199 cm³/mol. The van der Waals surface area contributed by atoms with E-state index < -0.39 is 76.6 Å². The van der Waals surface area contributed by atoms with E-state index in [1.165, 1.54) is 4.90 Å². The van der Waals surface area contributed by atoms with Gasteiger partial charge >= 0.3 is 11.9 Å². The van der Waals surface area contributed by atoms with Crippen molar-refractivity contribution in [3.63, 3.8) is 0 Å². The Labute approximate surface area is 484 Å². The first kappa shape index (κ1) is 53.6. The fourth-order valence-corrected chi connectivity index (χ4v) is 6.11. The molecule has 5 N–H and O–H groups in total. The Bertz CT molecular complexity index is 2300. The number of rotatable bonds is 10. The number of hydrogen-bond acceptors (Lipinski definition) is 11. The van der Waals surface area contributed by atoms with Gasteiger partial charge < -0.3 is 20.2 Å². The molecular formula is C31H27K4N5O13S2. The van der Waals surface area contributed by atoms with Crippen LogP contribution in [0.4, 0.5) is 5.69 Å². The van der Waals surface area contributed by atoms with E-state index in [2.05, 4.69) is 10.2 Å². The molecule has 2 aromatic carbocycles. The van der Waals surface area contributed by atoms with Gasteiger partial charge in [-0.3, -0.25) is 18.7 Å². The van der Waals surface area contributed by atoms with Crippen LogP contribution in [-0.4, -0.2) is 304 Å². The van der Waals surface area contributed by atoms with E-state index in [4.69, 9.17) is 0 Å². The van der Waals surface area contributed by atoms with Gasteiger partial charge in [-0.25, -0.2) is 9.59 Å². The van der Waals surface area contributed by atoms with Gasteiger partial charge in [0.15, 0.2) is 11.4 Å². The van der Waals surface area contributed by atoms with Gasteiger partial charge in [0.1, 0.15) is 0 Å². The second-order valence-corrected chi connectivity index (χ2v) is 13.8. The molecule has 55 heavy (non-hydrogen) atoms. The number of carbonyl (C=O) groups is 4. The molecule has 0 spiro atoms. The molecule has 18 nitrogen and oxygen atoms in total. The number of amides is 2. The Morgan fingerprint density at radius 2 is 1.25 bits per heavy atom. The van der Waals surface area contributed by atoms with Crippen molar-refractivity contribution < 1.29 is 60.4 Å². The molecule has 4 radical (unpaired) electrons. The van der Waals surface area contributed by atoms with Gasteiger partial charge in [0.05, 0.1) is 32.3 Å². The van der Waals surface area contributed by atoms with E-state index >= 15 is 0 Å². The standard InChI is InChI=1S/C31H27N5O13S2.4K/c37-27(34-16-2-1-3-17-34)18(4-14-23-25(30(40)41)32-35(28(23)38)19-6-10-21(11-7-19)50(44,45)46)5-15-24-26(31(42)43)33-36(29(24)39)20-8-12-22(13-9-20)51(47,48)49;;;;/h4-15,38H,1-3,16-17H2,(H,40,41)(H,42,43)(H,44,45,46)(H,47,48,49);;;;. The number of carboxylic acids is 2. The average Bonchev–Trinajstić information content (AvgIpc) is 3.60. The van der Waals surface area contributed by atoms with E-state index in [1.807, 2.05) is 0 Å². The Morgan fingerprint density at radius 3 is 1.73 bits per heavy atom. The van der Waals surface area contributed by atoms with Crippen LogP contribution in [0, 0.1) is 0 Å². The molecule has 1 saturated heterocycles. The van der Waals surface area contributed by atoms with Crippen LogP contribution < -0.4 is 5.01 Å². The molecule has 0 unspecified atom stereocenters. The molecule has 3 heterocycles. The topological polar surface area (TPSA) is 274 Å². The van der Waals surface area contributed by atoms with E-state index in [0.717, 1.165) is 83.9 Å². The minimum atomic E-state index is -4.56. The largest absolute Gasteiger partial charge is 0.493 e. The van der Waals surface area contributed by atoms with Crippen LogP contribution in [0.5, 0.6) is 5.88 Å². The Morgan fingerprint density at radius 1 is 0.745 bits per heavy atom. The molecule has 270 valence electrons. The first-order valence-electron chi connectivity index (χ1n) is 14.7. The van der Waals surface area contributed by atoms with E-state index in [-0.39, 0.29) is 228 Å². The molecule has 0 saturated carbocycles. The molecule has 2 aliphatic rings. The molecule has 0 aliphatic carbocycles. The van der Waals surface area contributed by atoms with Gasteiger partial charge in [-0.2, -0.15) is 36.7 Å². The van der Waals surface area contributed by atoms with Crippen LogP contribution in [0.3, 0.4) is 0 Å². The number of hydrogen-bond donors (Lipinski definition) is 5. The Kier molecular flexibility index (Phi) is 22.4. The summed E-state index contributed by atoms with van der Waals surface area (Å²) in [5, 5.41) is 39.0. The first-order chi connectivity index (χ1) is 24.0. The second kappa shape index (κ2) is 23.0. The zero-order chi connectivity index (χ0) is 37.2. The van der Waals surface area contributed by atoms with Crippen LogP contribution in [-0.2, 0) is 34.6 Å². The second-order valence-electron chi connectivity index (χ2n) is 11.0. The molecule has 0 bridgehead atoms. The third-order valence-electron chi connectivity index (χ3n) is 7.69. The SMILES string of the molecule is O=C(O)C1=NN(c2ccc(S(=O)(=O)O)cc2)C(=O)C1=CC=C(C=Cc1c(C(=O)O)nn(-c2ccc(S(=O)(=O)O)cc2)c1O)C(=O)N1CCCCC1.[K].[K].[K].[K]. The summed E-state index contributed by atoms with van der Waals surface area (Å²) in [6.07, 6.45) is 6.63. The maximum atomic E-state index is 13.7. The van der Waals surface area contributed by atoms with Crippen molar-refractivity contribution in [2.24, 2.45) is 5.10 Å². The Hall–Kier alpha value is 0.585. The van der Waals surface area contributed by atoms with Crippen molar-refractivity contribution in [3.05, 3.63) is 89.2 Å². The smallest absolute Gasteiger partial charge is 0.357 e. The molecule has 2 aliphatic heterocycles. The third kappa shape index (κ3) is 13.3. The van der Waals surface area contributed by atoms with E-state index in [0.29, 0.717) is 30.9 Å². The molecular weight excluding hydrogens is 871 g/mol. The van der Waals surface area contributed by atoms with Crippen LogP contribution in [0.25, 0.3) is 11.8 Å². The maximum absolute atomic E-state index is 13.7. The number of likely N-dealkylation sites (tertiary alicyclic amines) is 1. The molecule has 0 atom stereocenters. The van der Waals surface area contributed by atoms with Crippen molar-refractivity contribution in [2.45, 2.75) is 29.1 Å². The summed E-state index contributed by atoms with van der Waals surface area (Å²) in [6, 6.07) is 8.50. The summed E-state index contributed by atoms with van der Waals surface area (Å²) < 4.78 is 64.9. The summed E-state index contributed by atoms with van der Waals surface area (Å²) in [7, 11) is -9.11. The number of carboxylic acid groups (broad SMARTS) is 2. The van der Waals surface area contributed by atoms with Crippen LogP contribution >= 0.6 is 0 Å². The number of hydrazone groups is 1. The van der Waals surface area contributed by atoms with E-state index in [9.17, 15) is 60.4 Å². The summed E-state index contributed by atoms with van der Waals surface area (Å²) in [4.78, 5) is 51.7. The fraction of sp³-hybridized carbons (Fsp3) is 0.161. The van der Waals surface area contributed by atoms with E-state index in [1.54, 1.807) is 0 Å². The van der Waals surface area contributed by atoms with Gasteiger partial charge in [0.25, 0.3) is 32.1 Å². The quantitative estimate of drug-likeness (QED) is 0.0808. The van der Waals surface area contributed by atoms with Crippen molar-refractivity contribution in [3.8, 4) is 11.6 Å². The van der Waals surface area contributed by atoms with Crippen molar-refractivity contribution in [2.75, 3.05) is 18.1 Å². The fourth-order valence-electron chi connectivity index (χ4n) is 5.15. The normalized spacial score (nSPS) is 15.4. The Balaban J connectivity index is 0.00000378. The number of aromatic carboxylic acids is 1. The number of carbonyl (C=O) groups excluding carboxylic acids is 2. The number of allylic oxidation sites excluding steroid dienone is 2. The average molecular weight is 898 g/mol. The van der Waals surface area contributed by atoms with Crippen LogP contribution in [0.2, 0.25) is 0 Å². The summed E-state index contributed by atoms with van der Waals surface area (Å²) in [5.74, 6) is -5.41. The summed E-state index contributed by atoms with van der Waals surface area (Å²) in [5.41, 5.74) is -2.37. The number of aromatic hydroxyl groups is 1. The number of benzene rings is 2. The zero-order valence-electron chi connectivity index (χ0n) is 30.0. The predicted octanol–water partition coefficient (Wildman–Crippen LogP) is 0.612. The number of anilines is 1. The number of aromatic nitrogens is 2. The number of nitrogens with zero attached hydrogens (tertiary/aromatic N) is 5. The molecule has 3 aromatic rings. The van der Waals surface area contributed by atoms with Gasteiger partial charge in [-0.15, -0.1) is 0 Å². The third-order valence-corrected chi connectivity index (χ3v) is 9.42. The summed E-state index contributed by atoms with van der Waals surface area (Å²) in [6.45, 7) is 0.746. The van der Waals surface area contributed by atoms with Gasteiger partial charge in [-0.05, 0) is 92.1 Å². The van der Waals surface area contributed by atoms with Crippen molar-refractivity contribution in [1.29, 1.82) is 0 Å². The molecule has 1 fully saturated rings. The summed E-state index contributed by atoms with van der Waals surface area (Å²) >= 11 is 0. The minimum Gasteiger partial charge on any atom is -0.493 e. The van der Waals surface area contributed by atoms with Gasteiger partial charge in [0, 0.05) is 224 Å². The van der Waals surface area contributed by atoms with Gasteiger partial charge in [0.2, 0.25) is 5.88 Å². The van der Waals surface area contributed by atoms with Crippen molar-refractivity contribution >= 4 is 267 Å².